The maximum atomic E-state index is 13.3. The standard InChI is InChI=1S/C19H12F6N2O2S/c20-18(21,22)15-6-8-16(9-7-15)27(30(28,29)19(23,24)25)17-12-14(10-11-26-17)13-4-2-1-3-5-13/h1-12H. The second-order valence-corrected chi connectivity index (χ2v) is 7.81. The summed E-state index contributed by atoms with van der Waals surface area (Å²) < 4.78 is 103. The zero-order valence-electron chi connectivity index (χ0n) is 14.8. The van der Waals surface area contributed by atoms with Crippen LogP contribution in [-0.2, 0) is 16.2 Å². The van der Waals surface area contributed by atoms with Gasteiger partial charge in [0.15, 0.2) is 0 Å². The average Bonchev–Trinajstić information content (AvgIpc) is 2.68. The lowest BCUT2D eigenvalue weighted by Crippen LogP contribution is -2.38. The Balaban J connectivity index is 2.17. The first kappa shape index (κ1) is 21.6. The van der Waals surface area contributed by atoms with Crippen LogP contribution in [0, 0.1) is 0 Å². The van der Waals surface area contributed by atoms with E-state index in [2.05, 4.69) is 4.98 Å². The summed E-state index contributed by atoms with van der Waals surface area (Å²) in [5.74, 6) is -0.617. The fraction of sp³-hybridized carbons (Fsp3) is 0.105. The number of nitrogens with zero attached hydrogens (tertiary/aromatic N) is 2. The van der Waals surface area contributed by atoms with Crippen molar-refractivity contribution in [1.29, 1.82) is 0 Å². The van der Waals surface area contributed by atoms with Crippen LogP contribution in [0.15, 0.2) is 72.9 Å². The van der Waals surface area contributed by atoms with Crippen LogP contribution in [-0.4, -0.2) is 18.9 Å². The van der Waals surface area contributed by atoms with Gasteiger partial charge in [-0.05, 0) is 47.5 Å². The Bertz CT molecular complexity index is 1130. The van der Waals surface area contributed by atoms with E-state index in [-0.39, 0.29) is 4.31 Å². The minimum Gasteiger partial charge on any atom is -0.238 e. The number of sulfonamides is 1. The van der Waals surface area contributed by atoms with Crippen molar-refractivity contribution in [1.82, 2.24) is 4.98 Å². The number of anilines is 2. The summed E-state index contributed by atoms with van der Waals surface area (Å²) in [7, 11) is -6.00. The molecule has 3 aromatic rings. The number of hydrogen-bond acceptors (Lipinski definition) is 3. The predicted molar refractivity (Wildman–Crippen MR) is 98.2 cm³/mol. The van der Waals surface area contributed by atoms with Gasteiger partial charge in [-0.15, -0.1) is 0 Å². The SMILES string of the molecule is O=S(=O)(N(c1ccc(C(F)(F)F)cc1)c1cc(-c2ccccc2)ccn1)C(F)(F)F. The van der Waals surface area contributed by atoms with E-state index in [9.17, 15) is 34.8 Å². The first-order valence-corrected chi connectivity index (χ1v) is 9.65. The van der Waals surface area contributed by atoms with Gasteiger partial charge in [0, 0.05) is 6.20 Å². The predicted octanol–water partition coefficient (Wildman–Crippen LogP) is 5.76. The Kier molecular flexibility index (Phi) is 5.50. The molecule has 158 valence electrons. The Morgan fingerprint density at radius 3 is 1.90 bits per heavy atom. The van der Waals surface area contributed by atoms with Crippen molar-refractivity contribution in [3.05, 3.63) is 78.5 Å². The second kappa shape index (κ2) is 7.63. The Hall–Kier alpha value is -3.08. The maximum Gasteiger partial charge on any atom is 0.517 e. The van der Waals surface area contributed by atoms with Crippen LogP contribution in [0.3, 0.4) is 0 Å². The van der Waals surface area contributed by atoms with Crippen LogP contribution in [0.25, 0.3) is 11.1 Å². The van der Waals surface area contributed by atoms with Crippen LogP contribution in [0.5, 0.6) is 0 Å². The van der Waals surface area contributed by atoms with E-state index in [4.69, 9.17) is 0 Å². The highest BCUT2D eigenvalue weighted by Crippen LogP contribution is 2.38. The molecule has 0 atom stereocenters. The van der Waals surface area contributed by atoms with Gasteiger partial charge >= 0.3 is 21.7 Å². The molecule has 30 heavy (non-hydrogen) atoms. The van der Waals surface area contributed by atoms with Crippen molar-refractivity contribution in [3.8, 4) is 11.1 Å². The van der Waals surface area contributed by atoms with Crippen molar-refractivity contribution in [3.63, 3.8) is 0 Å². The molecule has 0 saturated heterocycles. The normalized spacial score (nSPS) is 12.6. The van der Waals surface area contributed by atoms with E-state index in [0.29, 0.717) is 35.4 Å². The summed E-state index contributed by atoms with van der Waals surface area (Å²) in [6.07, 6.45) is -3.63. The summed E-state index contributed by atoms with van der Waals surface area (Å²) in [5.41, 5.74) is -6.53. The molecule has 0 amide bonds. The molecule has 2 aromatic carbocycles. The summed E-state index contributed by atoms with van der Waals surface area (Å²) in [6.45, 7) is 0. The van der Waals surface area contributed by atoms with E-state index in [1.165, 1.54) is 6.07 Å². The van der Waals surface area contributed by atoms with E-state index in [0.717, 1.165) is 12.3 Å². The van der Waals surface area contributed by atoms with Crippen LogP contribution in [0.2, 0.25) is 0 Å². The fourth-order valence-electron chi connectivity index (χ4n) is 2.62. The summed E-state index contributed by atoms with van der Waals surface area (Å²) in [5, 5.41) is 0. The van der Waals surface area contributed by atoms with Crippen molar-refractivity contribution in [2.45, 2.75) is 11.7 Å². The number of rotatable bonds is 4. The molecule has 0 N–H and O–H groups in total. The average molecular weight is 446 g/mol. The Morgan fingerprint density at radius 1 is 0.767 bits per heavy atom. The summed E-state index contributed by atoms with van der Waals surface area (Å²) in [6, 6.07) is 13.2. The molecule has 0 aliphatic rings. The van der Waals surface area contributed by atoms with Crippen molar-refractivity contribution >= 4 is 21.5 Å². The third kappa shape index (κ3) is 4.25. The van der Waals surface area contributed by atoms with Crippen molar-refractivity contribution in [2.24, 2.45) is 0 Å². The first-order chi connectivity index (χ1) is 13.9. The van der Waals surface area contributed by atoms with Crippen molar-refractivity contribution < 1.29 is 34.8 Å². The minimum absolute atomic E-state index is 0.125. The molecule has 0 radical (unpaired) electrons. The lowest BCUT2D eigenvalue weighted by atomic mass is 10.1. The molecule has 1 aromatic heterocycles. The van der Waals surface area contributed by atoms with Crippen LogP contribution >= 0.6 is 0 Å². The topological polar surface area (TPSA) is 50.3 Å². The van der Waals surface area contributed by atoms with Crippen LogP contribution in [0.4, 0.5) is 37.8 Å². The lowest BCUT2D eigenvalue weighted by molar-refractivity contribution is -0.137. The first-order valence-electron chi connectivity index (χ1n) is 8.21. The molecule has 0 aliphatic carbocycles. The highest BCUT2D eigenvalue weighted by atomic mass is 32.2. The molecule has 0 saturated carbocycles. The largest absolute Gasteiger partial charge is 0.517 e. The van der Waals surface area contributed by atoms with Crippen molar-refractivity contribution in [2.75, 3.05) is 4.31 Å². The highest BCUT2D eigenvalue weighted by molar-refractivity contribution is 7.94. The van der Waals surface area contributed by atoms with E-state index < -0.39 is 38.8 Å². The zero-order valence-corrected chi connectivity index (χ0v) is 15.6. The van der Waals surface area contributed by atoms with Gasteiger partial charge in [-0.2, -0.15) is 34.8 Å². The van der Waals surface area contributed by atoms with Gasteiger partial charge in [0.25, 0.3) is 0 Å². The fourth-order valence-corrected chi connectivity index (χ4v) is 3.58. The third-order valence-corrected chi connectivity index (χ3v) is 5.49. The highest BCUT2D eigenvalue weighted by Gasteiger charge is 2.51. The second-order valence-electron chi connectivity index (χ2n) is 6.03. The van der Waals surface area contributed by atoms with Gasteiger partial charge in [-0.3, -0.25) is 0 Å². The molecule has 0 fully saturated rings. The van der Waals surface area contributed by atoms with Gasteiger partial charge in [-0.25, -0.2) is 9.29 Å². The number of alkyl halides is 6. The molecular formula is C19H12F6N2O2S. The molecule has 4 nitrogen and oxygen atoms in total. The molecule has 0 aliphatic heterocycles. The third-order valence-electron chi connectivity index (χ3n) is 4.02. The van der Waals surface area contributed by atoms with Gasteiger partial charge < -0.3 is 0 Å². The van der Waals surface area contributed by atoms with Gasteiger partial charge in [0.2, 0.25) is 0 Å². The van der Waals surface area contributed by atoms with E-state index in [1.807, 2.05) is 0 Å². The lowest BCUT2D eigenvalue weighted by Gasteiger charge is -2.25. The zero-order chi connectivity index (χ0) is 22.2. The van der Waals surface area contributed by atoms with Crippen LogP contribution in [0.1, 0.15) is 5.56 Å². The Morgan fingerprint density at radius 2 is 1.37 bits per heavy atom. The molecular weight excluding hydrogens is 434 g/mol. The monoisotopic (exact) mass is 446 g/mol. The minimum atomic E-state index is -6.00. The van der Waals surface area contributed by atoms with E-state index in [1.54, 1.807) is 30.3 Å². The number of benzene rings is 2. The van der Waals surface area contributed by atoms with Gasteiger partial charge in [0.05, 0.1) is 11.3 Å². The number of pyridine rings is 1. The summed E-state index contributed by atoms with van der Waals surface area (Å²) in [4.78, 5) is 3.72. The van der Waals surface area contributed by atoms with Crippen LogP contribution < -0.4 is 4.31 Å². The molecule has 0 spiro atoms. The maximum absolute atomic E-state index is 13.3. The Labute approximate surface area is 167 Å². The number of hydrogen-bond donors (Lipinski definition) is 0. The number of aromatic nitrogens is 1. The van der Waals surface area contributed by atoms with E-state index >= 15 is 0 Å². The number of halogens is 6. The smallest absolute Gasteiger partial charge is 0.238 e. The molecule has 3 rings (SSSR count). The summed E-state index contributed by atoms with van der Waals surface area (Å²) >= 11 is 0. The molecule has 0 unspecified atom stereocenters. The van der Waals surface area contributed by atoms with Gasteiger partial charge in [0.1, 0.15) is 5.82 Å². The van der Waals surface area contributed by atoms with Gasteiger partial charge in [-0.1, -0.05) is 30.3 Å². The quantitative estimate of drug-likeness (QED) is 0.479. The molecule has 1 heterocycles. The molecule has 0 bridgehead atoms. The molecule has 11 heteroatoms.